The third-order valence-corrected chi connectivity index (χ3v) is 5.13. The first-order chi connectivity index (χ1) is 16.5. The fourth-order valence-electron chi connectivity index (χ4n) is 3.43. The third kappa shape index (κ3) is 6.25. The second-order valence-electron chi connectivity index (χ2n) is 7.78. The first-order valence-electron chi connectivity index (χ1n) is 10.8. The van der Waals surface area contributed by atoms with E-state index in [9.17, 15) is 13.6 Å². The van der Waals surface area contributed by atoms with Crippen molar-refractivity contribution in [3.63, 3.8) is 0 Å². The van der Waals surface area contributed by atoms with Gasteiger partial charge in [-0.05, 0) is 42.8 Å². The highest BCUT2D eigenvalue weighted by Gasteiger charge is 2.14. The molecule has 0 atom stereocenters. The zero-order valence-corrected chi connectivity index (χ0v) is 18.5. The number of carbonyl (C=O) groups is 1. The first-order valence-corrected chi connectivity index (χ1v) is 10.8. The number of benzene rings is 3. The Bertz CT molecular complexity index is 1240. The zero-order valence-electron chi connectivity index (χ0n) is 18.5. The fourth-order valence-corrected chi connectivity index (χ4v) is 3.43. The summed E-state index contributed by atoms with van der Waals surface area (Å²) in [6.45, 7) is -0.944. The highest BCUT2D eigenvalue weighted by molar-refractivity contribution is 5.91. The lowest BCUT2D eigenvalue weighted by Crippen LogP contribution is -2.13. The van der Waals surface area contributed by atoms with E-state index in [0.717, 1.165) is 16.7 Å². The van der Waals surface area contributed by atoms with Gasteiger partial charge in [-0.2, -0.15) is 8.78 Å². The van der Waals surface area contributed by atoms with Gasteiger partial charge in [0.25, 0.3) is 0 Å². The van der Waals surface area contributed by atoms with Gasteiger partial charge in [0.15, 0.2) is 0 Å². The second-order valence-corrected chi connectivity index (χ2v) is 7.78. The molecule has 0 spiro atoms. The van der Waals surface area contributed by atoms with Crippen LogP contribution in [0.1, 0.15) is 29.0 Å². The van der Waals surface area contributed by atoms with Crippen molar-refractivity contribution in [2.24, 2.45) is 0 Å². The average molecular weight is 463 g/mol. The number of aromatic nitrogens is 2. The Morgan fingerprint density at radius 1 is 1.03 bits per heavy atom. The Balaban J connectivity index is 1.39. The van der Waals surface area contributed by atoms with Gasteiger partial charge in [0, 0.05) is 36.1 Å². The normalized spacial score (nSPS) is 10.9. The summed E-state index contributed by atoms with van der Waals surface area (Å²) in [5.41, 5.74) is 3.91. The molecule has 3 aromatic carbocycles. The van der Waals surface area contributed by atoms with E-state index in [1.54, 1.807) is 6.07 Å². The number of rotatable bonds is 9. The Kier molecular flexibility index (Phi) is 7.27. The number of nitrogens with one attached hydrogen (secondary N) is 1. The van der Waals surface area contributed by atoms with Crippen molar-refractivity contribution in [1.29, 1.82) is 0 Å². The van der Waals surface area contributed by atoms with E-state index in [0.29, 0.717) is 29.5 Å². The Morgan fingerprint density at radius 2 is 1.79 bits per heavy atom. The van der Waals surface area contributed by atoms with Crippen LogP contribution in [0.4, 0.5) is 14.5 Å². The molecule has 4 rings (SSSR count). The van der Waals surface area contributed by atoms with Gasteiger partial charge in [-0.25, -0.2) is 0 Å². The monoisotopic (exact) mass is 463 g/mol. The van der Waals surface area contributed by atoms with E-state index in [1.165, 1.54) is 12.1 Å². The number of nitrogens with zero attached hydrogens (tertiary/aromatic N) is 2. The lowest BCUT2D eigenvalue weighted by molar-refractivity contribution is -0.116. The van der Waals surface area contributed by atoms with Crippen LogP contribution in [0.3, 0.4) is 0 Å². The number of ether oxygens (including phenoxy) is 1. The van der Waals surface area contributed by atoms with Gasteiger partial charge in [0.2, 0.25) is 17.7 Å². The van der Waals surface area contributed by atoms with Gasteiger partial charge in [-0.3, -0.25) is 4.79 Å². The minimum absolute atomic E-state index is 0.0753. The predicted molar refractivity (Wildman–Crippen MR) is 124 cm³/mol. The molecule has 0 aliphatic rings. The number of alkyl halides is 2. The lowest BCUT2D eigenvalue weighted by atomic mass is 10.0. The largest absolute Gasteiger partial charge is 0.435 e. The summed E-state index contributed by atoms with van der Waals surface area (Å²) in [5, 5.41) is 10.8. The maximum absolute atomic E-state index is 12.8. The van der Waals surface area contributed by atoms with Crippen molar-refractivity contribution in [1.82, 2.24) is 10.2 Å². The number of halogens is 2. The molecule has 0 fully saturated rings. The van der Waals surface area contributed by atoms with Crippen molar-refractivity contribution in [3.05, 3.63) is 95.4 Å². The number of anilines is 1. The Hall–Kier alpha value is -4.07. The molecule has 0 aliphatic heterocycles. The van der Waals surface area contributed by atoms with E-state index in [-0.39, 0.29) is 24.5 Å². The van der Waals surface area contributed by atoms with Gasteiger partial charge < -0.3 is 14.5 Å². The van der Waals surface area contributed by atoms with Crippen molar-refractivity contribution in [2.45, 2.75) is 32.8 Å². The van der Waals surface area contributed by atoms with E-state index in [4.69, 9.17) is 4.42 Å². The van der Waals surface area contributed by atoms with E-state index < -0.39 is 6.61 Å². The third-order valence-electron chi connectivity index (χ3n) is 5.13. The molecule has 34 heavy (non-hydrogen) atoms. The van der Waals surface area contributed by atoms with Crippen molar-refractivity contribution in [3.8, 4) is 17.2 Å². The van der Waals surface area contributed by atoms with Crippen LogP contribution in [0.5, 0.6) is 5.75 Å². The molecular weight excluding hydrogens is 440 g/mol. The number of hydrogen-bond donors (Lipinski definition) is 1. The van der Waals surface area contributed by atoms with Crippen LogP contribution >= 0.6 is 0 Å². The van der Waals surface area contributed by atoms with Crippen molar-refractivity contribution >= 4 is 11.6 Å². The first kappa shape index (κ1) is 23.1. The molecule has 0 radical (unpaired) electrons. The van der Waals surface area contributed by atoms with Crippen LogP contribution in [0.25, 0.3) is 11.5 Å². The minimum Gasteiger partial charge on any atom is -0.435 e. The maximum Gasteiger partial charge on any atom is 0.387 e. The van der Waals surface area contributed by atoms with Crippen LogP contribution in [-0.2, 0) is 17.6 Å². The summed E-state index contributed by atoms with van der Waals surface area (Å²) in [5.74, 6) is 0.571. The SMILES string of the molecule is Cc1ccc(-c2nnc(CCC(=O)Nc3ccc(OC(F)F)c(Cc4ccccc4)c3)o2)cc1. The van der Waals surface area contributed by atoms with Gasteiger partial charge in [-0.15, -0.1) is 10.2 Å². The quantitative estimate of drug-likeness (QED) is 0.339. The lowest BCUT2D eigenvalue weighted by Gasteiger charge is -2.13. The second kappa shape index (κ2) is 10.7. The van der Waals surface area contributed by atoms with Gasteiger partial charge in [0.05, 0.1) is 0 Å². The predicted octanol–water partition coefficient (Wildman–Crippen LogP) is 5.81. The molecule has 1 aromatic heterocycles. The summed E-state index contributed by atoms with van der Waals surface area (Å²) >= 11 is 0. The Morgan fingerprint density at radius 3 is 2.53 bits per heavy atom. The fraction of sp³-hybridized carbons (Fsp3) is 0.192. The van der Waals surface area contributed by atoms with Crippen LogP contribution in [-0.4, -0.2) is 22.7 Å². The van der Waals surface area contributed by atoms with Crippen molar-refractivity contribution in [2.75, 3.05) is 5.32 Å². The molecule has 0 saturated heterocycles. The van der Waals surface area contributed by atoms with E-state index in [1.807, 2.05) is 61.5 Å². The highest BCUT2D eigenvalue weighted by atomic mass is 19.3. The number of hydrogen-bond acceptors (Lipinski definition) is 5. The molecular formula is C26H23F2N3O3. The topological polar surface area (TPSA) is 77.2 Å². The molecule has 0 bridgehead atoms. The van der Waals surface area contributed by atoms with Gasteiger partial charge in [-0.1, -0.05) is 48.0 Å². The summed E-state index contributed by atoms with van der Waals surface area (Å²) in [4.78, 5) is 12.5. The van der Waals surface area contributed by atoms with Crippen LogP contribution in [0.2, 0.25) is 0 Å². The molecule has 0 unspecified atom stereocenters. The van der Waals surface area contributed by atoms with Crippen LogP contribution in [0, 0.1) is 6.92 Å². The maximum atomic E-state index is 12.8. The number of aryl methyl sites for hydroxylation is 2. The average Bonchev–Trinajstić information content (AvgIpc) is 3.29. The summed E-state index contributed by atoms with van der Waals surface area (Å²) in [6.07, 6.45) is 0.781. The molecule has 6 nitrogen and oxygen atoms in total. The molecule has 1 N–H and O–H groups in total. The van der Waals surface area contributed by atoms with Gasteiger partial charge >= 0.3 is 6.61 Å². The van der Waals surface area contributed by atoms with E-state index in [2.05, 4.69) is 20.3 Å². The molecule has 1 amide bonds. The molecule has 174 valence electrons. The summed E-state index contributed by atoms with van der Waals surface area (Å²) in [7, 11) is 0. The summed E-state index contributed by atoms with van der Waals surface area (Å²) in [6, 6.07) is 21.7. The van der Waals surface area contributed by atoms with Crippen LogP contribution in [0.15, 0.2) is 77.2 Å². The molecule has 4 aromatic rings. The minimum atomic E-state index is -2.94. The number of amides is 1. The standard InChI is InChI=1S/C26H23F2N3O3/c1-17-7-9-19(10-8-17)25-31-30-24(34-25)14-13-23(32)29-21-11-12-22(33-26(27)28)20(16-21)15-18-5-3-2-4-6-18/h2-12,16,26H,13-15H2,1H3,(H,29,32). The smallest absolute Gasteiger partial charge is 0.387 e. The molecule has 8 heteroatoms. The molecule has 1 heterocycles. The molecule has 0 aliphatic carbocycles. The Labute approximate surface area is 195 Å². The van der Waals surface area contributed by atoms with Gasteiger partial charge in [0.1, 0.15) is 5.75 Å². The zero-order chi connectivity index (χ0) is 23.9. The van der Waals surface area contributed by atoms with E-state index >= 15 is 0 Å². The number of carbonyl (C=O) groups excluding carboxylic acids is 1. The summed E-state index contributed by atoms with van der Waals surface area (Å²) < 4.78 is 36.0. The molecule has 0 saturated carbocycles. The van der Waals surface area contributed by atoms with Crippen LogP contribution < -0.4 is 10.1 Å². The highest BCUT2D eigenvalue weighted by Crippen LogP contribution is 2.27. The van der Waals surface area contributed by atoms with Crippen molar-refractivity contribution < 1.29 is 22.7 Å².